The Labute approximate surface area is 237 Å². The molecule has 2 aliphatic rings. The van der Waals surface area contributed by atoms with Gasteiger partial charge in [-0.15, -0.1) is 0 Å². The molecule has 0 bridgehead atoms. The van der Waals surface area contributed by atoms with Crippen molar-refractivity contribution in [3.8, 4) is 17.0 Å². The van der Waals surface area contributed by atoms with Crippen LogP contribution in [-0.4, -0.2) is 65.3 Å². The molecule has 7 nitrogen and oxygen atoms in total. The van der Waals surface area contributed by atoms with E-state index in [0.717, 1.165) is 66.5 Å². The number of hydrogen-bond donors (Lipinski definition) is 1. The summed E-state index contributed by atoms with van der Waals surface area (Å²) in [5, 5.41) is 8.94. The van der Waals surface area contributed by atoms with Crippen molar-refractivity contribution in [1.82, 2.24) is 20.0 Å². The van der Waals surface area contributed by atoms with E-state index in [4.69, 9.17) is 32.7 Å². The SMILES string of the molecule is O=C1c2[nH]nc(-c3ccc(Cl)cc3)c2C(c2ccc(OCc3ccc(Cl)cc3)cc2)N1CCN1CCOCC1. The number of hydrogen-bond acceptors (Lipinski definition) is 5. The van der Waals surface area contributed by atoms with Crippen LogP contribution in [0.25, 0.3) is 11.3 Å². The van der Waals surface area contributed by atoms with E-state index in [1.165, 1.54) is 0 Å². The van der Waals surface area contributed by atoms with E-state index < -0.39 is 0 Å². The molecule has 9 heteroatoms. The van der Waals surface area contributed by atoms with Gasteiger partial charge in [-0.3, -0.25) is 14.8 Å². The minimum atomic E-state index is -0.275. The van der Waals surface area contributed by atoms with Crippen LogP contribution in [0.1, 0.15) is 33.2 Å². The van der Waals surface area contributed by atoms with Gasteiger partial charge in [-0.2, -0.15) is 5.10 Å². The Kier molecular flexibility index (Phi) is 7.57. The number of carbonyl (C=O) groups is 1. The lowest BCUT2D eigenvalue weighted by Gasteiger charge is -2.31. The lowest BCUT2D eigenvalue weighted by Crippen LogP contribution is -2.42. The zero-order valence-corrected chi connectivity index (χ0v) is 22.8. The van der Waals surface area contributed by atoms with Crippen molar-refractivity contribution in [2.45, 2.75) is 12.6 Å². The summed E-state index contributed by atoms with van der Waals surface area (Å²) in [7, 11) is 0. The molecule has 1 fully saturated rings. The van der Waals surface area contributed by atoms with Crippen LogP contribution in [0.5, 0.6) is 5.75 Å². The van der Waals surface area contributed by atoms with Crippen LogP contribution in [0.2, 0.25) is 10.0 Å². The lowest BCUT2D eigenvalue weighted by molar-refractivity contribution is 0.0316. The first kappa shape index (κ1) is 25.9. The van der Waals surface area contributed by atoms with Gasteiger partial charge in [0.15, 0.2) is 0 Å². The van der Waals surface area contributed by atoms with Gasteiger partial charge in [-0.25, -0.2) is 0 Å². The Morgan fingerprint density at radius 3 is 2.26 bits per heavy atom. The fraction of sp³-hybridized carbons (Fsp3) is 0.267. The van der Waals surface area contributed by atoms with Gasteiger partial charge in [0.1, 0.15) is 18.1 Å². The number of halogens is 2. The number of fused-ring (bicyclic) bond motifs is 1. The van der Waals surface area contributed by atoms with E-state index >= 15 is 0 Å². The third-order valence-electron chi connectivity index (χ3n) is 7.26. The molecule has 1 N–H and O–H groups in total. The first-order chi connectivity index (χ1) is 19.1. The van der Waals surface area contributed by atoms with Gasteiger partial charge in [0.2, 0.25) is 0 Å². The van der Waals surface area contributed by atoms with E-state index in [9.17, 15) is 4.79 Å². The molecule has 0 aliphatic carbocycles. The largest absolute Gasteiger partial charge is 0.489 e. The van der Waals surface area contributed by atoms with E-state index in [1.807, 2.05) is 77.7 Å². The fourth-order valence-corrected chi connectivity index (χ4v) is 5.42. The molecule has 0 radical (unpaired) electrons. The number of ether oxygens (including phenoxy) is 2. The summed E-state index contributed by atoms with van der Waals surface area (Å²) in [6.07, 6.45) is 0. The van der Waals surface area contributed by atoms with Gasteiger partial charge in [0.25, 0.3) is 5.91 Å². The van der Waals surface area contributed by atoms with Crippen molar-refractivity contribution in [2.75, 3.05) is 39.4 Å². The molecule has 3 aromatic carbocycles. The number of rotatable bonds is 8. The molecule has 0 saturated carbocycles. The monoisotopic (exact) mass is 562 g/mol. The van der Waals surface area contributed by atoms with Crippen LogP contribution < -0.4 is 4.74 Å². The highest BCUT2D eigenvalue weighted by Crippen LogP contribution is 2.43. The lowest BCUT2D eigenvalue weighted by atomic mass is 9.96. The third-order valence-corrected chi connectivity index (χ3v) is 7.76. The highest BCUT2D eigenvalue weighted by atomic mass is 35.5. The number of nitrogens with one attached hydrogen (secondary N) is 1. The predicted octanol–water partition coefficient (Wildman–Crippen LogP) is 5.84. The van der Waals surface area contributed by atoms with Crippen molar-refractivity contribution in [1.29, 1.82) is 0 Å². The zero-order valence-electron chi connectivity index (χ0n) is 21.3. The summed E-state index contributed by atoms with van der Waals surface area (Å²) < 4.78 is 11.5. The fourth-order valence-electron chi connectivity index (χ4n) is 5.17. The summed E-state index contributed by atoms with van der Waals surface area (Å²) >= 11 is 12.1. The molecule has 1 aromatic heterocycles. The summed E-state index contributed by atoms with van der Waals surface area (Å²) in [6.45, 7) is 5.00. The Morgan fingerprint density at radius 1 is 0.897 bits per heavy atom. The second-order valence-corrected chi connectivity index (χ2v) is 10.6. The number of morpholine rings is 1. The van der Waals surface area contributed by atoms with E-state index in [-0.39, 0.29) is 11.9 Å². The van der Waals surface area contributed by atoms with Crippen molar-refractivity contribution in [2.24, 2.45) is 0 Å². The number of nitrogens with zero attached hydrogens (tertiary/aromatic N) is 3. The van der Waals surface area contributed by atoms with E-state index in [1.54, 1.807) is 0 Å². The Balaban J connectivity index is 1.28. The molecule has 2 aliphatic heterocycles. The van der Waals surface area contributed by atoms with Gasteiger partial charge in [0, 0.05) is 47.4 Å². The van der Waals surface area contributed by atoms with Crippen molar-refractivity contribution < 1.29 is 14.3 Å². The van der Waals surface area contributed by atoms with Gasteiger partial charge in [0.05, 0.1) is 24.9 Å². The number of benzene rings is 3. The van der Waals surface area contributed by atoms with Gasteiger partial charge < -0.3 is 14.4 Å². The van der Waals surface area contributed by atoms with Gasteiger partial charge in [-0.1, -0.05) is 59.6 Å². The molecule has 6 rings (SSSR count). The average molecular weight is 563 g/mol. The quantitative estimate of drug-likeness (QED) is 0.292. The Bertz CT molecular complexity index is 1430. The highest BCUT2D eigenvalue weighted by Gasteiger charge is 2.42. The summed E-state index contributed by atoms with van der Waals surface area (Å²) in [4.78, 5) is 17.9. The molecule has 1 saturated heterocycles. The molecule has 200 valence electrons. The highest BCUT2D eigenvalue weighted by molar-refractivity contribution is 6.30. The van der Waals surface area contributed by atoms with E-state index in [2.05, 4.69) is 15.1 Å². The van der Waals surface area contributed by atoms with Gasteiger partial charge in [-0.05, 0) is 47.5 Å². The number of carbonyl (C=O) groups excluding carboxylic acids is 1. The van der Waals surface area contributed by atoms with Crippen molar-refractivity contribution in [3.05, 3.63) is 105 Å². The number of amides is 1. The molecule has 3 heterocycles. The third kappa shape index (κ3) is 5.54. The maximum absolute atomic E-state index is 13.7. The first-order valence-electron chi connectivity index (χ1n) is 13.0. The Morgan fingerprint density at radius 2 is 1.56 bits per heavy atom. The maximum Gasteiger partial charge on any atom is 0.273 e. The summed E-state index contributed by atoms with van der Waals surface area (Å²) in [6, 6.07) is 22.9. The standard InChI is InChI=1S/C30H28Cl2N4O3/c31-23-7-1-20(2-8-23)19-39-25-11-5-22(6-12-25)29-26-27(21-3-9-24(32)10-4-21)33-34-28(26)30(37)36(29)14-13-35-15-17-38-18-16-35/h1-12,29H,13-19H2,(H,33,34). The second kappa shape index (κ2) is 11.4. The molecule has 1 atom stereocenters. The van der Waals surface area contributed by atoms with Crippen molar-refractivity contribution in [3.63, 3.8) is 0 Å². The van der Waals surface area contributed by atoms with Gasteiger partial charge >= 0.3 is 0 Å². The normalized spacial score (nSPS) is 17.4. The predicted molar refractivity (Wildman–Crippen MR) is 151 cm³/mol. The minimum Gasteiger partial charge on any atom is -0.489 e. The average Bonchev–Trinajstić information content (AvgIpc) is 3.51. The number of H-pyrrole nitrogens is 1. The molecule has 1 amide bonds. The van der Waals surface area contributed by atoms with Crippen LogP contribution in [0.4, 0.5) is 0 Å². The summed E-state index contributed by atoms with van der Waals surface area (Å²) in [5.41, 5.74) is 5.13. The number of aromatic nitrogens is 2. The van der Waals surface area contributed by atoms with E-state index in [0.29, 0.717) is 28.9 Å². The minimum absolute atomic E-state index is 0.0426. The molecular weight excluding hydrogens is 535 g/mol. The van der Waals surface area contributed by atoms with Crippen LogP contribution in [0.15, 0.2) is 72.8 Å². The van der Waals surface area contributed by atoms with Crippen LogP contribution >= 0.6 is 23.2 Å². The molecular formula is C30H28Cl2N4O3. The first-order valence-corrected chi connectivity index (χ1v) is 13.7. The molecule has 4 aromatic rings. The second-order valence-electron chi connectivity index (χ2n) is 9.71. The zero-order chi connectivity index (χ0) is 26.8. The smallest absolute Gasteiger partial charge is 0.273 e. The van der Waals surface area contributed by atoms with Crippen LogP contribution in [0.3, 0.4) is 0 Å². The van der Waals surface area contributed by atoms with Crippen molar-refractivity contribution >= 4 is 29.1 Å². The summed E-state index contributed by atoms with van der Waals surface area (Å²) in [5.74, 6) is 0.710. The topological polar surface area (TPSA) is 70.7 Å². The number of aromatic amines is 1. The van der Waals surface area contributed by atoms with Crippen LogP contribution in [-0.2, 0) is 11.3 Å². The molecule has 39 heavy (non-hydrogen) atoms. The molecule has 0 spiro atoms. The molecule has 1 unspecified atom stereocenters. The van der Waals surface area contributed by atoms with Crippen LogP contribution in [0, 0.1) is 0 Å². The maximum atomic E-state index is 13.7. The Hall–Kier alpha value is -3.36.